The average molecular weight is 1020 g/mol. The lowest BCUT2D eigenvalue weighted by molar-refractivity contribution is -0.339. The van der Waals surface area contributed by atoms with Crippen LogP contribution in [0.25, 0.3) is 11.3 Å². The summed E-state index contributed by atoms with van der Waals surface area (Å²) in [6.45, 7) is 17.4. The Morgan fingerprint density at radius 2 is 1.58 bits per heavy atom. The molecule has 1 aromatic carbocycles. The van der Waals surface area contributed by atoms with Crippen LogP contribution in [-0.2, 0) is 60.6 Å². The smallest absolute Gasteiger partial charge is 0.311 e. The lowest BCUT2D eigenvalue weighted by atomic mass is 9.73. The Morgan fingerprint density at radius 3 is 2.17 bits per heavy atom. The highest BCUT2D eigenvalue weighted by Gasteiger charge is 2.59. The molecule has 2 aromatic rings. The lowest BCUT2D eigenvalue weighted by Gasteiger charge is -2.54. The monoisotopic (exact) mass is 1020 g/mol. The molecule has 3 saturated heterocycles. The van der Waals surface area contributed by atoms with E-state index in [-0.39, 0.29) is 50.3 Å². The molecule has 0 spiro atoms. The number of carbonyl (C=O) groups excluding carboxylic acids is 3. The highest BCUT2D eigenvalue weighted by atomic mass is 16.7. The number of esters is 1. The molecule has 72 heavy (non-hydrogen) atoms. The fourth-order valence-electron chi connectivity index (χ4n) is 11.2. The Hall–Kier alpha value is -3.55. The van der Waals surface area contributed by atoms with Gasteiger partial charge < -0.3 is 58.5 Å². The summed E-state index contributed by atoms with van der Waals surface area (Å²) in [4.78, 5) is 44.3. The normalized spacial score (nSPS) is 39.7. The van der Waals surface area contributed by atoms with Crippen molar-refractivity contribution in [3.05, 3.63) is 36.0 Å². The maximum absolute atomic E-state index is 14.6. The first kappa shape index (κ1) is 59.3. The zero-order valence-corrected chi connectivity index (χ0v) is 45.0. The molecule has 0 bridgehead atoms. The number of benzene rings is 1. The van der Waals surface area contributed by atoms with Crippen molar-refractivity contribution in [3.8, 4) is 11.3 Å². The van der Waals surface area contributed by atoms with Gasteiger partial charge in [0.05, 0.1) is 48.2 Å². The van der Waals surface area contributed by atoms with E-state index in [9.17, 15) is 34.8 Å². The van der Waals surface area contributed by atoms with Gasteiger partial charge in [0.15, 0.2) is 12.6 Å². The molecule has 408 valence electrons. The van der Waals surface area contributed by atoms with E-state index in [1.54, 1.807) is 60.1 Å². The van der Waals surface area contributed by atoms with Crippen LogP contribution in [0, 0.1) is 23.7 Å². The van der Waals surface area contributed by atoms with Crippen LogP contribution in [0.15, 0.2) is 30.5 Å². The molecule has 1 amide bonds. The Labute approximate surface area is 424 Å². The molecular formula is C51H84N6O15. The fourth-order valence-corrected chi connectivity index (χ4v) is 11.2. The average Bonchev–Trinajstić information content (AvgIpc) is 3.80. The number of methoxy groups -OCH3 is 2. The van der Waals surface area contributed by atoms with E-state index in [4.69, 9.17) is 38.4 Å². The van der Waals surface area contributed by atoms with Crippen molar-refractivity contribution in [3.63, 3.8) is 0 Å². The Kier molecular flexibility index (Phi) is 19.8. The Morgan fingerprint density at radius 1 is 0.931 bits per heavy atom. The van der Waals surface area contributed by atoms with E-state index < -0.39 is 107 Å². The van der Waals surface area contributed by atoms with Gasteiger partial charge in [-0.3, -0.25) is 24.5 Å². The third-order valence-electron chi connectivity index (χ3n) is 15.9. The number of hydrogen-bond acceptors (Lipinski definition) is 19. The van der Waals surface area contributed by atoms with E-state index in [0.717, 1.165) is 11.1 Å². The van der Waals surface area contributed by atoms with Crippen LogP contribution in [0.5, 0.6) is 0 Å². The van der Waals surface area contributed by atoms with Gasteiger partial charge >= 0.3 is 5.97 Å². The number of aliphatic hydroxyl groups excluding tert-OH is 2. The van der Waals surface area contributed by atoms with E-state index in [2.05, 4.69) is 10.3 Å². The van der Waals surface area contributed by atoms with Crippen molar-refractivity contribution in [1.82, 2.24) is 30.3 Å². The third kappa shape index (κ3) is 12.7. The minimum Gasteiger partial charge on any atom is -0.459 e. The first-order chi connectivity index (χ1) is 33.6. The summed E-state index contributed by atoms with van der Waals surface area (Å²) >= 11 is 0. The Balaban J connectivity index is 1.48. The second-order valence-electron chi connectivity index (χ2n) is 21.7. The van der Waals surface area contributed by atoms with Gasteiger partial charge in [0, 0.05) is 63.1 Å². The van der Waals surface area contributed by atoms with Crippen LogP contribution in [-0.4, -0.2) is 194 Å². The van der Waals surface area contributed by atoms with Gasteiger partial charge in [0.25, 0.3) is 5.91 Å². The molecule has 3 fully saturated rings. The summed E-state index contributed by atoms with van der Waals surface area (Å²) in [6.07, 6.45) is -7.24. The third-order valence-corrected chi connectivity index (χ3v) is 15.9. The van der Waals surface area contributed by atoms with Gasteiger partial charge in [-0.15, -0.1) is 5.10 Å². The summed E-state index contributed by atoms with van der Waals surface area (Å²) in [5.41, 5.74) is -2.44. The number of cyclic esters (lactones) is 1. The molecule has 0 saturated carbocycles. The van der Waals surface area contributed by atoms with E-state index >= 15 is 0 Å². The van der Waals surface area contributed by atoms with Gasteiger partial charge in [-0.25, -0.2) is 10.2 Å². The van der Waals surface area contributed by atoms with E-state index in [0.29, 0.717) is 18.7 Å². The topological polar surface area (TPSA) is 266 Å². The first-order valence-electron chi connectivity index (χ1n) is 25.1. The summed E-state index contributed by atoms with van der Waals surface area (Å²) in [7, 11) is 8.62. The van der Waals surface area contributed by atoms with Crippen molar-refractivity contribution in [1.29, 1.82) is 0 Å². The highest BCUT2D eigenvalue weighted by molar-refractivity contribution is 5.83. The molecule has 21 heteroatoms. The number of amides is 1. The first-order valence-corrected chi connectivity index (χ1v) is 25.1. The number of nitrogens with one attached hydrogen (secondary N) is 1. The van der Waals surface area contributed by atoms with Gasteiger partial charge in [-0.1, -0.05) is 57.2 Å². The van der Waals surface area contributed by atoms with Gasteiger partial charge in [0.2, 0.25) is 0 Å². The Bertz CT molecular complexity index is 2110. The highest BCUT2D eigenvalue weighted by Crippen LogP contribution is 2.45. The summed E-state index contributed by atoms with van der Waals surface area (Å²) in [5, 5.41) is 64.9. The quantitative estimate of drug-likeness (QED) is 0.0851. The van der Waals surface area contributed by atoms with Crippen molar-refractivity contribution in [2.24, 2.45) is 23.7 Å². The zero-order valence-electron chi connectivity index (χ0n) is 45.0. The molecule has 5 rings (SSSR count). The second-order valence-corrected chi connectivity index (χ2v) is 21.7. The molecule has 0 unspecified atom stereocenters. The number of aromatic nitrogens is 3. The summed E-state index contributed by atoms with van der Waals surface area (Å²) < 4.78 is 46.8. The molecule has 6 N–H and O–H groups in total. The fraction of sp³-hybridized carbons (Fsp3) is 0.784. The standard InChI is InChI=1S/C51H84N6O15/c1-16-38-50(10,63)44(61)30(4)41(59)28(2)22-48(8,66-14)45(72-47-42(60)37(55(11)12)21-29(3)68-47)31(5)43(32(6)46(62)70-38)71-40-23-49(9,67-15)51(64,33(7)69-40)27-56(13)24-34-17-19-35(20-18-34)36-25-57(54-52-36)26-39(58)53-65/h17-20,25,28-33,37-38,40,42-45,47,60-61,63-65H,16,21-24,26-27H2,1-15H3,(H,53,58)/t28-,29+,30+,31-,32-,33-,37-,38-,40-,42+,43+,44+,45-,47-,48-,49+,50-,51-/m0/s1. The lowest BCUT2D eigenvalue weighted by Crippen LogP contribution is -2.70. The maximum Gasteiger partial charge on any atom is 0.311 e. The van der Waals surface area contributed by atoms with E-state index in [1.807, 2.05) is 69.1 Å². The summed E-state index contributed by atoms with van der Waals surface area (Å²) in [6, 6.07) is 7.27. The number of Topliss-reactive ketones (excluding diaryl/α,β-unsaturated/α-hetero) is 1. The predicted molar refractivity (Wildman–Crippen MR) is 262 cm³/mol. The van der Waals surface area contributed by atoms with Gasteiger partial charge in [0.1, 0.15) is 47.0 Å². The molecule has 4 heterocycles. The molecule has 18 atom stereocenters. The van der Waals surface area contributed by atoms with Crippen molar-refractivity contribution in [2.45, 2.75) is 192 Å². The van der Waals surface area contributed by atoms with Crippen LogP contribution in [0.1, 0.15) is 100 Å². The van der Waals surface area contributed by atoms with Crippen LogP contribution < -0.4 is 5.48 Å². The number of hydroxylamine groups is 1. The molecule has 0 radical (unpaired) electrons. The zero-order chi connectivity index (χ0) is 53.8. The SMILES string of the molecule is CC[C@@H]1OC(=O)[C@@H](C)[C@H](O[C@H]2C[C@@](C)(OC)[C@](O)(CN(C)Cc3ccc(-c4cn(CC(=O)NO)nn4)cc3)[C@H](C)O2)[C@H](C)[C@H](O[C@@H]2O[C@H](C)C[C@H](N(C)C)[C@H]2O)[C@@](C)(OC)C[C@H](C)C(=O)[C@@H](C)[C@@H](O)[C@@]1(C)O. The number of rotatable bonds is 15. The summed E-state index contributed by atoms with van der Waals surface area (Å²) in [5.74, 6) is -5.44. The number of ether oxygens (including phenoxy) is 7. The minimum absolute atomic E-state index is 0.0000266. The maximum atomic E-state index is 14.6. The van der Waals surface area contributed by atoms with Crippen molar-refractivity contribution in [2.75, 3.05) is 41.9 Å². The number of aliphatic hydroxyl groups is 4. The van der Waals surface area contributed by atoms with E-state index in [1.165, 1.54) is 25.8 Å². The number of nitrogens with zero attached hydrogens (tertiary/aromatic N) is 5. The molecule has 3 aliphatic heterocycles. The number of hydrogen-bond donors (Lipinski definition) is 6. The largest absolute Gasteiger partial charge is 0.459 e. The number of ketones is 1. The molecule has 1 aromatic heterocycles. The van der Waals surface area contributed by atoms with Crippen LogP contribution in [0.4, 0.5) is 0 Å². The minimum atomic E-state index is -2.02. The predicted octanol–water partition coefficient (Wildman–Crippen LogP) is 2.71. The molecule has 3 aliphatic rings. The van der Waals surface area contributed by atoms with Gasteiger partial charge in [-0.05, 0) is 87.5 Å². The molecule has 0 aliphatic carbocycles. The van der Waals surface area contributed by atoms with Crippen molar-refractivity contribution >= 4 is 17.7 Å². The second kappa shape index (κ2) is 24.0. The van der Waals surface area contributed by atoms with Crippen LogP contribution in [0.3, 0.4) is 0 Å². The van der Waals surface area contributed by atoms with Crippen LogP contribution >= 0.6 is 0 Å². The number of carbonyl (C=O) groups is 3. The molecule has 21 nitrogen and oxygen atoms in total. The van der Waals surface area contributed by atoms with Crippen LogP contribution in [0.2, 0.25) is 0 Å². The molecular weight excluding hydrogens is 937 g/mol. The van der Waals surface area contributed by atoms with Gasteiger partial charge in [-0.2, -0.15) is 0 Å². The van der Waals surface area contributed by atoms with Crippen molar-refractivity contribution < 1.29 is 73.2 Å². The number of likely N-dealkylation sites (N-methyl/N-ethyl adjacent to an activating group) is 2.